The summed E-state index contributed by atoms with van der Waals surface area (Å²) in [7, 11) is 1.48. The smallest absolute Gasteiger partial charge is 0.253 e. The maximum Gasteiger partial charge on any atom is 0.253 e. The van der Waals surface area contributed by atoms with Crippen LogP contribution < -0.4 is 10.6 Å². The Labute approximate surface area is 113 Å². The first-order chi connectivity index (χ1) is 9.12. The van der Waals surface area contributed by atoms with Gasteiger partial charge in [0.15, 0.2) is 0 Å². The maximum absolute atomic E-state index is 11.8. The molecule has 1 rings (SSSR count). The Kier molecular flexibility index (Phi) is 5.83. The third-order valence-electron chi connectivity index (χ3n) is 2.69. The van der Waals surface area contributed by atoms with Gasteiger partial charge in [-0.15, -0.1) is 0 Å². The van der Waals surface area contributed by atoms with Crippen molar-refractivity contribution in [1.29, 1.82) is 5.26 Å². The number of nitrogens with zero attached hydrogens (tertiary/aromatic N) is 1. The summed E-state index contributed by atoms with van der Waals surface area (Å²) < 4.78 is 4.96. The van der Waals surface area contributed by atoms with Crippen LogP contribution in [0.2, 0.25) is 0 Å². The van der Waals surface area contributed by atoms with Gasteiger partial charge < -0.3 is 15.4 Å². The number of rotatable bonds is 6. The van der Waals surface area contributed by atoms with Crippen molar-refractivity contribution in [2.75, 3.05) is 24.3 Å². The molecule has 102 valence electrons. The Morgan fingerprint density at radius 1 is 1.47 bits per heavy atom. The molecular weight excluding hydrogens is 242 g/mol. The summed E-state index contributed by atoms with van der Waals surface area (Å²) in [5.41, 5.74) is 1.90. The van der Waals surface area contributed by atoms with Gasteiger partial charge in [0.1, 0.15) is 6.10 Å². The summed E-state index contributed by atoms with van der Waals surface area (Å²) in [6.07, 6.45) is 0.437. The van der Waals surface area contributed by atoms with Crippen molar-refractivity contribution in [3.8, 4) is 6.07 Å². The molecule has 0 aromatic heterocycles. The molecule has 0 aliphatic rings. The number of benzene rings is 1. The Hall–Kier alpha value is -2.06. The summed E-state index contributed by atoms with van der Waals surface area (Å²) in [6.45, 7) is 4.53. The van der Waals surface area contributed by atoms with E-state index in [9.17, 15) is 4.79 Å². The number of anilines is 2. The summed E-state index contributed by atoms with van der Waals surface area (Å²) in [4.78, 5) is 11.8. The van der Waals surface area contributed by atoms with E-state index in [2.05, 4.69) is 23.6 Å². The third kappa shape index (κ3) is 4.27. The monoisotopic (exact) mass is 261 g/mol. The van der Waals surface area contributed by atoms with Crippen molar-refractivity contribution < 1.29 is 9.53 Å². The third-order valence-corrected chi connectivity index (χ3v) is 2.69. The second kappa shape index (κ2) is 7.39. The van der Waals surface area contributed by atoms with Crippen molar-refractivity contribution in [3.05, 3.63) is 23.8 Å². The topological polar surface area (TPSA) is 74.2 Å². The van der Waals surface area contributed by atoms with Crippen molar-refractivity contribution >= 4 is 17.3 Å². The zero-order valence-corrected chi connectivity index (χ0v) is 11.5. The Balaban J connectivity index is 2.94. The van der Waals surface area contributed by atoms with E-state index in [1.54, 1.807) is 25.1 Å². The lowest BCUT2D eigenvalue weighted by Gasteiger charge is -2.15. The molecule has 0 heterocycles. The normalized spacial score (nSPS) is 11.5. The van der Waals surface area contributed by atoms with Gasteiger partial charge in [-0.05, 0) is 31.5 Å². The Morgan fingerprint density at radius 2 is 2.21 bits per heavy atom. The average Bonchev–Trinajstić information content (AvgIpc) is 2.44. The number of nitriles is 1. The Bertz CT molecular complexity index is 480. The molecule has 0 fully saturated rings. The fraction of sp³-hybridized carbons (Fsp3) is 0.429. The van der Waals surface area contributed by atoms with Gasteiger partial charge in [-0.2, -0.15) is 5.26 Å². The number of ether oxygens (including phenoxy) is 1. The molecule has 0 aliphatic carbocycles. The SMILES string of the molecule is CCCNc1ccc(C#N)cc1NC(=O)[C@H](C)OC. The van der Waals surface area contributed by atoms with E-state index in [1.165, 1.54) is 7.11 Å². The molecule has 0 radical (unpaired) electrons. The summed E-state index contributed by atoms with van der Waals surface area (Å²) in [5, 5.41) is 14.9. The van der Waals surface area contributed by atoms with Crippen molar-refractivity contribution in [3.63, 3.8) is 0 Å². The molecule has 0 saturated heterocycles. The van der Waals surface area contributed by atoms with Gasteiger partial charge in [-0.1, -0.05) is 6.92 Å². The molecule has 1 amide bonds. The van der Waals surface area contributed by atoms with Crippen LogP contribution in [0.1, 0.15) is 25.8 Å². The number of carbonyl (C=O) groups excluding carboxylic acids is 1. The largest absolute Gasteiger partial charge is 0.383 e. The number of hydrogen-bond acceptors (Lipinski definition) is 4. The molecule has 5 nitrogen and oxygen atoms in total. The second-order valence-electron chi connectivity index (χ2n) is 4.17. The number of carbonyl (C=O) groups is 1. The molecule has 0 spiro atoms. The van der Waals surface area contributed by atoms with Gasteiger partial charge in [0.05, 0.1) is 23.0 Å². The van der Waals surface area contributed by atoms with E-state index in [4.69, 9.17) is 10.00 Å². The van der Waals surface area contributed by atoms with Gasteiger partial charge in [0, 0.05) is 13.7 Å². The highest BCUT2D eigenvalue weighted by Gasteiger charge is 2.14. The molecule has 5 heteroatoms. The second-order valence-corrected chi connectivity index (χ2v) is 4.17. The number of methoxy groups -OCH3 is 1. The predicted molar refractivity (Wildman–Crippen MR) is 75.0 cm³/mol. The predicted octanol–water partition coefficient (Wildman–Crippen LogP) is 2.35. The molecular formula is C14H19N3O2. The van der Waals surface area contributed by atoms with Crippen LogP contribution in [-0.4, -0.2) is 25.7 Å². The van der Waals surface area contributed by atoms with E-state index >= 15 is 0 Å². The molecule has 0 bridgehead atoms. The lowest BCUT2D eigenvalue weighted by atomic mass is 10.1. The summed E-state index contributed by atoms with van der Waals surface area (Å²) >= 11 is 0. The van der Waals surface area contributed by atoms with Crippen LogP contribution in [-0.2, 0) is 9.53 Å². The van der Waals surface area contributed by atoms with Crippen LogP contribution in [0.15, 0.2) is 18.2 Å². The minimum atomic E-state index is -0.537. The molecule has 1 atom stereocenters. The highest BCUT2D eigenvalue weighted by atomic mass is 16.5. The van der Waals surface area contributed by atoms with E-state index in [1.807, 2.05) is 0 Å². The molecule has 1 aromatic carbocycles. The highest BCUT2D eigenvalue weighted by molar-refractivity contribution is 5.97. The maximum atomic E-state index is 11.8. The number of amides is 1. The molecule has 1 aromatic rings. The van der Waals surface area contributed by atoms with E-state index in [-0.39, 0.29) is 5.91 Å². The van der Waals surface area contributed by atoms with E-state index in [0.29, 0.717) is 11.3 Å². The van der Waals surface area contributed by atoms with Crippen molar-refractivity contribution in [2.24, 2.45) is 0 Å². The molecule has 0 aliphatic heterocycles. The summed E-state index contributed by atoms with van der Waals surface area (Å²) in [5.74, 6) is -0.239. The molecule has 2 N–H and O–H groups in total. The van der Waals surface area contributed by atoms with Crippen LogP contribution in [0.5, 0.6) is 0 Å². The minimum absolute atomic E-state index is 0.239. The van der Waals surface area contributed by atoms with Crippen LogP contribution in [0.3, 0.4) is 0 Å². The van der Waals surface area contributed by atoms with Crippen molar-refractivity contribution in [1.82, 2.24) is 0 Å². The first-order valence-electron chi connectivity index (χ1n) is 6.24. The van der Waals surface area contributed by atoms with E-state index in [0.717, 1.165) is 18.7 Å². The molecule has 0 saturated carbocycles. The van der Waals surface area contributed by atoms with Gasteiger partial charge in [0.2, 0.25) is 0 Å². The zero-order chi connectivity index (χ0) is 14.3. The van der Waals surface area contributed by atoms with Crippen LogP contribution in [0, 0.1) is 11.3 Å². The standard InChI is InChI=1S/C14H19N3O2/c1-4-7-16-12-6-5-11(9-15)8-13(12)17-14(18)10(2)19-3/h5-6,8,10,16H,4,7H2,1-3H3,(H,17,18)/t10-/m0/s1. The first-order valence-corrected chi connectivity index (χ1v) is 6.24. The quantitative estimate of drug-likeness (QED) is 0.824. The number of hydrogen-bond donors (Lipinski definition) is 2. The first kappa shape index (κ1) is 15.0. The van der Waals surface area contributed by atoms with Crippen LogP contribution >= 0.6 is 0 Å². The fourth-order valence-corrected chi connectivity index (χ4v) is 1.47. The Morgan fingerprint density at radius 3 is 2.79 bits per heavy atom. The van der Waals surface area contributed by atoms with Crippen molar-refractivity contribution in [2.45, 2.75) is 26.4 Å². The van der Waals surface area contributed by atoms with E-state index < -0.39 is 6.10 Å². The molecule has 0 unspecified atom stereocenters. The van der Waals surface area contributed by atoms with Gasteiger partial charge >= 0.3 is 0 Å². The number of nitrogens with one attached hydrogen (secondary N) is 2. The lowest BCUT2D eigenvalue weighted by molar-refractivity contribution is -0.124. The van der Waals surface area contributed by atoms with Crippen LogP contribution in [0.25, 0.3) is 0 Å². The minimum Gasteiger partial charge on any atom is -0.383 e. The lowest BCUT2D eigenvalue weighted by Crippen LogP contribution is -2.27. The van der Waals surface area contributed by atoms with Gasteiger partial charge in [-0.25, -0.2) is 0 Å². The highest BCUT2D eigenvalue weighted by Crippen LogP contribution is 2.23. The fourth-order valence-electron chi connectivity index (χ4n) is 1.47. The average molecular weight is 261 g/mol. The van der Waals surface area contributed by atoms with Gasteiger partial charge in [-0.3, -0.25) is 4.79 Å². The zero-order valence-electron chi connectivity index (χ0n) is 11.5. The summed E-state index contributed by atoms with van der Waals surface area (Å²) in [6, 6.07) is 7.22. The molecule has 19 heavy (non-hydrogen) atoms. The van der Waals surface area contributed by atoms with Crippen LogP contribution in [0.4, 0.5) is 11.4 Å². The van der Waals surface area contributed by atoms with Gasteiger partial charge in [0.25, 0.3) is 5.91 Å².